The highest BCUT2D eigenvalue weighted by molar-refractivity contribution is 5.98. The molecule has 0 aromatic heterocycles. The molecule has 0 unspecified atom stereocenters. The molecule has 0 radical (unpaired) electrons. The zero-order chi connectivity index (χ0) is 15.1. The van der Waals surface area contributed by atoms with Crippen molar-refractivity contribution < 1.29 is 19.1 Å². The van der Waals surface area contributed by atoms with Crippen LogP contribution in [0.2, 0.25) is 0 Å². The van der Waals surface area contributed by atoms with E-state index in [0.29, 0.717) is 11.3 Å². The van der Waals surface area contributed by atoms with E-state index in [0.717, 1.165) is 12.0 Å². The number of urea groups is 1. The molecule has 0 saturated heterocycles. The summed E-state index contributed by atoms with van der Waals surface area (Å²) in [4.78, 5) is 33.5. The predicted octanol–water partition coefficient (Wildman–Crippen LogP) is 0.642. The van der Waals surface area contributed by atoms with Crippen LogP contribution in [0.15, 0.2) is 18.2 Å². The zero-order valence-corrected chi connectivity index (χ0v) is 11.4. The van der Waals surface area contributed by atoms with E-state index in [1.807, 2.05) is 18.3 Å². The van der Waals surface area contributed by atoms with Crippen LogP contribution >= 0.6 is 0 Å². The van der Waals surface area contributed by atoms with E-state index in [9.17, 15) is 14.4 Å². The van der Waals surface area contributed by atoms with Crippen molar-refractivity contribution in [2.24, 2.45) is 5.73 Å². The van der Waals surface area contributed by atoms with Gasteiger partial charge in [-0.05, 0) is 24.1 Å². The van der Waals surface area contributed by atoms with E-state index >= 15 is 0 Å². The van der Waals surface area contributed by atoms with Crippen LogP contribution in [0.5, 0.6) is 0 Å². The second-order valence-electron chi connectivity index (χ2n) is 3.99. The second-order valence-corrected chi connectivity index (χ2v) is 3.99. The third-order valence-electron chi connectivity index (χ3n) is 2.60. The molecule has 0 bridgehead atoms. The largest absolute Gasteiger partial charge is 0.465 e. The quantitative estimate of drug-likeness (QED) is 0.685. The highest BCUT2D eigenvalue weighted by atomic mass is 16.5. The van der Waals surface area contributed by atoms with Crippen LogP contribution in [-0.4, -0.2) is 31.6 Å². The third-order valence-corrected chi connectivity index (χ3v) is 2.60. The minimum atomic E-state index is -0.925. The Morgan fingerprint density at radius 1 is 1.30 bits per heavy atom. The van der Waals surface area contributed by atoms with Gasteiger partial charge in [0.1, 0.15) is 0 Å². The zero-order valence-electron chi connectivity index (χ0n) is 11.4. The van der Waals surface area contributed by atoms with Crippen molar-refractivity contribution in [2.75, 3.05) is 19.0 Å². The molecule has 0 aliphatic rings. The number of benzene rings is 1. The minimum Gasteiger partial charge on any atom is -0.465 e. The van der Waals surface area contributed by atoms with Gasteiger partial charge < -0.3 is 15.8 Å². The number of nitrogens with two attached hydrogens (primary N) is 1. The van der Waals surface area contributed by atoms with E-state index in [2.05, 4.69) is 5.32 Å². The van der Waals surface area contributed by atoms with Crippen molar-refractivity contribution in [3.8, 4) is 0 Å². The molecule has 0 fully saturated rings. The van der Waals surface area contributed by atoms with Crippen molar-refractivity contribution in [1.29, 1.82) is 0 Å². The number of primary amides is 1. The molecular weight excluding hydrogens is 262 g/mol. The fourth-order valence-corrected chi connectivity index (χ4v) is 1.60. The minimum absolute atomic E-state index is 0.182. The van der Waals surface area contributed by atoms with Gasteiger partial charge in [-0.1, -0.05) is 13.0 Å². The summed E-state index contributed by atoms with van der Waals surface area (Å²) < 4.78 is 4.69. The van der Waals surface area contributed by atoms with Crippen LogP contribution in [0.25, 0.3) is 0 Å². The highest BCUT2D eigenvalue weighted by Gasteiger charge is 2.13. The van der Waals surface area contributed by atoms with Crippen molar-refractivity contribution in [3.05, 3.63) is 29.3 Å². The Balaban J connectivity index is 2.86. The number of imide groups is 1. The van der Waals surface area contributed by atoms with Crippen molar-refractivity contribution in [2.45, 2.75) is 13.3 Å². The molecule has 0 atom stereocenters. The Morgan fingerprint density at radius 2 is 2.00 bits per heavy atom. The number of hydrogen-bond acceptors (Lipinski definition) is 5. The first kappa shape index (κ1) is 15.5. The van der Waals surface area contributed by atoms with Crippen LogP contribution in [0.4, 0.5) is 10.5 Å². The Kier molecular flexibility index (Phi) is 5.52. The summed E-state index contributed by atoms with van der Waals surface area (Å²) in [6.07, 6.45) is 0.770. The maximum absolute atomic E-state index is 11.7. The summed E-state index contributed by atoms with van der Waals surface area (Å²) in [5.74, 6) is -1.09. The number of rotatable bonds is 5. The number of amides is 3. The SMILES string of the molecule is CCc1ccc(NCC(=O)NC(N)=O)c(C(=O)OC)c1. The monoisotopic (exact) mass is 279 g/mol. The topological polar surface area (TPSA) is 111 Å². The summed E-state index contributed by atoms with van der Waals surface area (Å²) in [7, 11) is 1.28. The molecule has 108 valence electrons. The molecule has 1 aromatic rings. The number of aryl methyl sites for hydroxylation is 1. The number of hydrogen-bond donors (Lipinski definition) is 3. The Bertz CT molecular complexity index is 528. The highest BCUT2D eigenvalue weighted by Crippen LogP contribution is 2.19. The molecule has 7 heteroatoms. The lowest BCUT2D eigenvalue weighted by Gasteiger charge is -2.11. The molecule has 0 spiro atoms. The van der Waals surface area contributed by atoms with E-state index in [1.165, 1.54) is 7.11 Å². The molecule has 20 heavy (non-hydrogen) atoms. The molecule has 1 rings (SSSR count). The van der Waals surface area contributed by atoms with Gasteiger partial charge in [0.05, 0.1) is 19.2 Å². The lowest BCUT2D eigenvalue weighted by molar-refractivity contribution is -0.118. The number of ether oxygens (including phenoxy) is 1. The first-order chi connectivity index (χ1) is 9.47. The molecule has 1 aromatic carbocycles. The molecule has 0 aliphatic heterocycles. The fourth-order valence-electron chi connectivity index (χ4n) is 1.60. The number of anilines is 1. The standard InChI is InChI=1S/C13H17N3O4/c1-3-8-4-5-10(9(6-8)12(18)20-2)15-7-11(17)16-13(14)19/h4-6,15H,3,7H2,1-2H3,(H3,14,16,17,19). The molecule has 0 aliphatic carbocycles. The summed E-state index contributed by atoms with van der Waals surface area (Å²) in [5.41, 5.74) is 6.58. The van der Waals surface area contributed by atoms with E-state index in [4.69, 9.17) is 10.5 Å². The van der Waals surface area contributed by atoms with Gasteiger partial charge in [0, 0.05) is 5.69 Å². The number of nitrogens with one attached hydrogen (secondary N) is 2. The van der Waals surface area contributed by atoms with Gasteiger partial charge in [0.15, 0.2) is 0 Å². The van der Waals surface area contributed by atoms with E-state index in [1.54, 1.807) is 12.1 Å². The number of carbonyl (C=O) groups is 3. The Morgan fingerprint density at radius 3 is 2.55 bits per heavy atom. The van der Waals surface area contributed by atoms with Crippen molar-refractivity contribution in [3.63, 3.8) is 0 Å². The van der Waals surface area contributed by atoms with Gasteiger partial charge in [0.2, 0.25) is 5.91 Å². The van der Waals surface area contributed by atoms with E-state index in [-0.39, 0.29) is 6.54 Å². The van der Waals surface area contributed by atoms with Crippen molar-refractivity contribution >= 4 is 23.6 Å². The number of esters is 1. The van der Waals surface area contributed by atoms with Gasteiger partial charge in [-0.25, -0.2) is 9.59 Å². The van der Waals surface area contributed by atoms with Gasteiger partial charge in [0.25, 0.3) is 0 Å². The first-order valence-electron chi connectivity index (χ1n) is 6.02. The summed E-state index contributed by atoms with van der Waals surface area (Å²) in [6, 6.07) is 4.29. The Labute approximate surface area is 116 Å². The van der Waals surface area contributed by atoms with Gasteiger partial charge in [-0.15, -0.1) is 0 Å². The predicted molar refractivity (Wildman–Crippen MR) is 73.4 cm³/mol. The average molecular weight is 279 g/mol. The van der Waals surface area contributed by atoms with Gasteiger partial charge in [-0.2, -0.15) is 0 Å². The summed E-state index contributed by atoms with van der Waals surface area (Å²) >= 11 is 0. The first-order valence-corrected chi connectivity index (χ1v) is 6.02. The van der Waals surface area contributed by atoms with Crippen LogP contribution in [0, 0.1) is 0 Å². The van der Waals surface area contributed by atoms with Gasteiger partial charge in [-0.3, -0.25) is 10.1 Å². The van der Waals surface area contributed by atoms with E-state index < -0.39 is 17.9 Å². The molecule has 0 saturated carbocycles. The number of methoxy groups -OCH3 is 1. The van der Waals surface area contributed by atoms with Crippen LogP contribution in [0.3, 0.4) is 0 Å². The molecule has 0 heterocycles. The maximum atomic E-state index is 11.7. The summed E-state index contributed by atoms with van der Waals surface area (Å²) in [5, 5.41) is 4.68. The Hall–Kier alpha value is -2.57. The maximum Gasteiger partial charge on any atom is 0.339 e. The lowest BCUT2D eigenvalue weighted by Crippen LogP contribution is -2.38. The molecule has 7 nitrogen and oxygen atoms in total. The molecule has 4 N–H and O–H groups in total. The third kappa shape index (κ3) is 4.27. The van der Waals surface area contributed by atoms with Crippen LogP contribution in [0.1, 0.15) is 22.8 Å². The lowest BCUT2D eigenvalue weighted by atomic mass is 10.1. The second kappa shape index (κ2) is 7.13. The fraction of sp³-hybridized carbons (Fsp3) is 0.308. The van der Waals surface area contributed by atoms with Crippen LogP contribution in [-0.2, 0) is 16.0 Å². The van der Waals surface area contributed by atoms with Gasteiger partial charge >= 0.3 is 12.0 Å². The van der Waals surface area contributed by atoms with Crippen molar-refractivity contribution in [1.82, 2.24) is 5.32 Å². The normalized spacial score (nSPS) is 9.70. The molecule has 3 amide bonds. The number of carbonyl (C=O) groups excluding carboxylic acids is 3. The smallest absolute Gasteiger partial charge is 0.339 e. The van der Waals surface area contributed by atoms with Crippen LogP contribution < -0.4 is 16.4 Å². The average Bonchev–Trinajstić information content (AvgIpc) is 2.43. The summed E-state index contributed by atoms with van der Waals surface area (Å²) in [6.45, 7) is 1.78. The molecular formula is C13H17N3O4.